The van der Waals surface area contributed by atoms with Crippen molar-refractivity contribution in [2.75, 3.05) is 0 Å². The van der Waals surface area contributed by atoms with Gasteiger partial charge in [0.05, 0.1) is 0 Å². The second-order valence-corrected chi connectivity index (χ2v) is 3.68. The summed E-state index contributed by atoms with van der Waals surface area (Å²) in [6, 6.07) is 0. The van der Waals surface area contributed by atoms with Crippen molar-refractivity contribution < 1.29 is 9.59 Å². The topological polar surface area (TPSA) is 84.6 Å². The molecule has 0 aromatic rings. The van der Waals surface area contributed by atoms with E-state index >= 15 is 0 Å². The molecule has 2 amide bonds. The molecule has 5 nitrogen and oxygen atoms in total. The van der Waals surface area contributed by atoms with E-state index in [9.17, 15) is 9.59 Å². The fourth-order valence-corrected chi connectivity index (χ4v) is 1.55. The fraction of sp³-hybridized carbons (Fsp3) is 0.667. The van der Waals surface area contributed by atoms with Crippen LogP contribution in [0.3, 0.4) is 0 Å². The van der Waals surface area contributed by atoms with E-state index in [0.29, 0.717) is 5.92 Å². The SMILES string of the molecule is CC1CCC/C(=N\NC(=O)C(N)=O)C1. The van der Waals surface area contributed by atoms with Crippen LogP contribution < -0.4 is 11.2 Å². The summed E-state index contributed by atoms with van der Waals surface area (Å²) in [4.78, 5) is 21.2. The lowest BCUT2D eigenvalue weighted by Gasteiger charge is -2.18. The molecular formula is C9H15N3O2. The zero-order valence-corrected chi connectivity index (χ0v) is 8.25. The minimum atomic E-state index is -1.00. The van der Waals surface area contributed by atoms with E-state index in [2.05, 4.69) is 17.5 Å². The van der Waals surface area contributed by atoms with Crippen LogP contribution in [0, 0.1) is 5.92 Å². The second-order valence-electron chi connectivity index (χ2n) is 3.68. The van der Waals surface area contributed by atoms with Gasteiger partial charge in [0, 0.05) is 5.71 Å². The molecule has 1 aliphatic carbocycles. The zero-order valence-electron chi connectivity index (χ0n) is 8.25. The molecule has 0 heterocycles. The van der Waals surface area contributed by atoms with Crippen molar-refractivity contribution in [3.8, 4) is 0 Å². The molecule has 1 saturated carbocycles. The molecule has 5 heteroatoms. The summed E-state index contributed by atoms with van der Waals surface area (Å²) in [7, 11) is 0. The molecule has 14 heavy (non-hydrogen) atoms. The Morgan fingerprint density at radius 3 is 2.86 bits per heavy atom. The summed E-state index contributed by atoms with van der Waals surface area (Å²) >= 11 is 0. The van der Waals surface area contributed by atoms with Crippen LogP contribution in [-0.4, -0.2) is 17.5 Å². The predicted molar refractivity (Wildman–Crippen MR) is 52.4 cm³/mol. The van der Waals surface area contributed by atoms with Crippen molar-refractivity contribution in [3.05, 3.63) is 0 Å². The zero-order chi connectivity index (χ0) is 10.6. The first-order valence-corrected chi connectivity index (χ1v) is 4.75. The van der Waals surface area contributed by atoms with E-state index in [1.807, 2.05) is 0 Å². The normalized spacial score (nSPS) is 24.6. The maximum Gasteiger partial charge on any atom is 0.329 e. The van der Waals surface area contributed by atoms with Gasteiger partial charge in [0.15, 0.2) is 0 Å². The molecule has 3 N–H and O–H groups in total. The number of nitrogens with zero attached hydrogens (tertiary/aromatic N) is 1. The number of carbonyl (C=O) groups is 2. The summed E-state index contributed by atoms with van der Waals surface area (Å²) in [5.74, 6) is -1.25. The number of nitrogens with two attached hydrogens (primary N) is 1. The van der Waals surface area contributed by atoms with E-state index in [-0.39, 0.29) is 0 Å². The number of nitrogens with one attached hydrogen (secondary N) is 1. The Morgan fingerprint density at radius 1 is 1.57 bits per heavy atom. The Hall–Kier alpha value is -1.39. The summed E-state index contributed by atoms with van der Waals surface area (Å²) in [5.41, 5.74) is 7.85. The van der Waals surface area contributed by atoms with Crippen LogP contribution in [0.1, 0.15) is 32.6 Å². The molecule has 0 aliphatic heterocycles. The third-order valence-electron chi connectivity index (χ3n) is 2.29. The van der Waals surface area contributed by atoms with E-state index in [1.54, 1.807) is 0 Å². The van der Waals surface area contributed by atoms with Gasteiger partial charge in [-0.15, -0.1) is 0 Å². The molecule has 78 valence electrons. The number of hydrogen-bond donors (Lipinski definition) is 2. The summed E-state index contributed by atoms with van der Waals surface area (Å²) in [5, 5.41) is 3.87. The average Bonchev–Trinajstić information content (AvgIpc) is 2.14. The van der Waals surface area contributed by atoms with Crippen molar-refractivity contribution >= 4 is 17.5 Å². The van der Waals surface area contributed by atoms with Crippen molar-refractivity contribution in [1.82, 2.24) is 5.43 Å². The van der Waals surface area contributed by atoms with Crippen LogP contribution in [0.25, 0.3) is 0 Å². The quantitative estimate of drug-likeness (QED) is 0.463. The molecule has 0 aromatic heterocycles. The Balaban J connectivity index is 2.43. The lowest BCUT2D eigenvalue weighted by atomic mass is 9.89. The third kappa shape index (κ3) is 3.16. The van der Waals surface area contributed by atoms with Crippen molar-refractivity contribution in [1.29, 1.82) is 0 Å². The minimum absolute atomic E-state index is 0.605. The Morgan fingerprint density at radius 2 is 2.29 bits per heavy atom. The molecule has 0 saturated heterocycles. The molecule has 0 bridgehead atoms. The summed E-state index contributed by atoms with van der Waals surface area (Å²) in [6.07, 6.45) is 4.07. The van der Waals surface area contributed by atoms with Gasteiger partial charge < -0.3 is 5.73 Å². The van der Waals surface area contributed by atoms with Crippen LogP contribution in [0.15, 0.2) is 5.10 Å². The molecule has 1 aliphatic rings. The van der Waals surface area contributed by atoms with Gasteiger partial charge in [0.2, 0.25) is 0 Å². The van der Waals surface area contributed by atoms with Crippen LogP contribution >= 0.6 is 0 Å². The van der Waals surface area contributed by atoms with Gasteiger partial charge in [-0.1, -0.05) is 6.92 Å². The van der Waals surface area contributed by atoms with E-state index < -0.39 is 11.8 Å². The fourth-order valence-electron chi connectivity index (χ4n) is 1.55. The average molecular weight is 197 g/mol. The van der Waals surface area contributed by atoms with Crippen LogP contribution in [-0.2, 0) is 9.59 Å². The van der Waals surface area contributed by atoms with Gasteiger partial charge >= 0.3 is 11.8 Å². The molecule has 1 atom stereocenters. The van der Waals surface area contributed by atoms with E-state index in [4.69, 9.17) is 5.73 Å². The van der Waals surface area contributed by atoms with Crippen molar-refractivity contribution in [3.63, 3.8) is 0 Å². The predicted octanol–water partition coefficient (Wildman–Crippen LogP) is 0.154. The monoisotopic (exact) mass is 197 g/mol. The van der Waals surface area contributed by atoms with Crippen LogP contribution in [0.5, 0.6) is 0 Å². The lowest BCUT2D eigenvalue weighted by Crippen LogP contribution is -2.33. The van der Waals surface area contributed by atoms with Gasteiger partial charge in [-0.25, -0.2) is 5.43 Å². The smallest absolute Gasteiger partial charge is 0.329 e. The number of rotatable bonds is 1. The molecule has 0 radical (unpaired) electrons. The largest absolute Gasteiger partial charge is 0.361 e. The molecule has 0 spiro atoms. The number of primary amides is 1. The van der Waals surface area contributed by atoms with E-state index in [0.717, 1.165) is 25.0 Å². The molecule has 1 unspecified atom stereocenters. The summed E-state index contributed by atoms with van der Waals surface area (Å²) < 4.78 is 0. The minimum Gasteiger partial charge on any atom is -0.361 e. The van der Waals surface area contributed by atoms with Gasteiger partial charge in [0.1, 0.15) is 0 Å². The van der Waals surface area contributed by atoms with Crippen molar-refractivity contribution in [2.45, 2.75) is 32.6 Å². The maximum absolute atomic E-state index is 10.8. The maximum atomic E-state index is 10.8. The van der Waals surface area contributed by atoms with Gasteiger partial charge in [-0.05, 0) is 31.6 Å². The highest BCUT2D eigenvalue weighted by molar-refractivity contribution is 6.34. The highest BCUT2D eigenvalue weighted by atomic mass is 16.2. The first-order chi connectivity index (χ1) is 6.59. The summed E-state index contributed by atoms with van der Waals surface area (Å²) in [6.45, 7) is 2.14. The Labute approximate surface area is 82.7 Å². The lowest BCUT2D eigenvalue weighted by molar-refractivity contribution is -0.137. The molecular weight excluding hydrogens is 182 g/mol. The highest BCUT2D eigenvalue weighted by Crippen LogP contribution is 2.20. The first-order valence-electron chi connectivity index (χ1n) is 4.75. The first kappa shape index (κ1) is 10.7. The number of carbonyl (C=O) groups excluding carboxylic acids is 2. The van der Waals surface area contributed by atoms with E-state index in [1.165, 1.54) is 6.42 Å². The Bertz CT molecular complexity index is 273. The standard InChI is InChI=1S/C9H15N3O2/c1-6-3-2-4-7(5-6)11-12-9(14)8(10)13/h6H,2-5H2,1H3,(H2,10,13)(H,12,14)/b11-7+. The number of amides is 2. The number of hydrazone groups is 1. The Kier molecular flexibility index (Phi) is 3.62. The highest BCUT2D eigenvalue weighted by Gasteiger charge is 2.14. The molecule has 1 rings (SSSR count). The second kappa shape index (κ2) is 4.74. The number of hydrogen-bond acceptors (Lipinski definition) is 3. The van der Waals surface area contributed by atoms with Gasteiger partial charge in [-0.3, -0.25) is 9.59 Å². The van der Waals surface area contributed by atoms with Gasteiger partial charge in [0.25, 0.3) is 0 Å². The van der Waals surface area contributed by atoms with Crippen molar-refractivity contribution in [2.24, 2.45) is 16.8 Å². The van der Waals surface area contributed by atoms with Crippen LogP contribution in [0.2, 0.25) is 0 Å². The van der Waals surface area contributed by atoms with Crippen LogP contribution in [0.4, 0.5) is 0 Å². The van der Waals surface area contributed by atoms with Gasteiger partial charge in [-0.2, -0.15) is 5.10 Å². The molecule has 0 aromatic carbocycles. The molecule has 1 fully saturated rings. The third-order valence-corrected chi connectivity index (χ3v) is 2.29.